The molecule has 6 nitrogen and oxygen atoms in total. The number of ether oxygens (including phenoxy) is 1. The lowest BCUT2D eigenvalue weighted by Gasteiger charge is -2.34. The van der Waals surface area contributed by atoms with E-state index in [0.717, 1.165) is 64.4 Å². The van der Waals surface area contributed by atoms with Crippen molar-refractivity contribution in [2.24, 2.45) is 10.9 Å². The molecule has 0 bridgehead atoms. The molecule has 1 saturated heterocycles. The lowest BCUT2D eigenvalue weighted by Crippen LogP contribution is -2.46. The number of likely N-dealkylation sites (tertiary alicyclic amines) is 1. The van der Waals surface area contributed by atoms with Crippen LogP contribution in [0.2, 0.25) is 0 Å². The third-order valence-corrected chi connectivity index (χ3v) is 6.20. The van der Waals surface area contributed by atoms with Crippen molar-refractivity contribution in [1.82, 2.24) is 15.5 Å². The fourth-order valence-corrected chi connectivity index (χ4v) is 4.50. The quantitative estimate of drug-likeness (QED) is 0.389. The number of nitrogens with zero attached hydrogens (tertiary/aromatic N) is 2. The van der Waals surface area contributed by atoms with E-state index >= 15 is 0 Å². The number of guanidine groups is 1. The van der Waals surface area contributed by atoms with E-state index in [9.17, 15) is 4.79 Å². The highest BCUT2D eigenvalue weighted by atomic mass is 16.5. The van der Waals surface area contributed by atoms with Crippen molar-refractivity contribution in [2.75, 3.05) is 39.8 Å². The van der Waals surface area contributed by atoms with E-state index in [2.05, 4.69) is 46.7 Å². The van der Waals surface area contributed by atoms with Gasteiger partial charge in [0, 0.05) is 46.3 Å². The van der Waals surface area contributed by atoms with E-state index in [4.69, 9.17) is 9.73 Å². The first-order valence-corrected chi connectivity index (χ1v) is 11.6. The van der Waals surface area contributed by atoms with Crippen molar-refractivity contribution in [3.63, 3.8) is 0 Å². The van der Waals surface area contributed by atoms with Crippen LogP contribution in [0, 0.1) is 5.92 Å². The minimum Gasteiger partial charge on any atom is -0.373 e. The summed E-state index contributed by atoms with van der Waals surface area (Å²) in [4.78, 5) is 18.8. The van der Waals surface area contributed by atoms with Crippen LogP contribution in [0.1, 0.15) is 62.7 Å². The first-order valence-electron chi connectivity index (χ1n) is 11.6. The van der Waals surface area contributed by atoms with Crippen molar-refractivity contribution in [2.45, 2.75) is 58.0 Å². The molecule has 1 heterocycles. The molecule has 2 N–H and O–H groups in total. The number of nitrogens with one attached hydrogen (secondary N) is 2. The number of aliphatic imine (C=N–C) groups is 1. The molecule has 1 atom stereocenters. The molecule has 3 rings (SSSR count). The fourth-order valence-electron chi connectivity index (χ4n) is 4.50. The number of fused-ring (bicyclic) bond motifs is 1. The first kappa shape index (κ1) is 22.6. The molecule has 1 amide bonds. The Bertz CT molecular complexity index is 698. The Hall–Kier alpha value is -2.08. The van der Waals surface area contributed by atoms with Crippen molar-refractivity contribution in [1.29, 1.82) is 0 Å². The molecule has 0 aromatic heterocycles. The number of hydrogen-bond acceptors (Lipinski definition) is 3. The third kappa shape index (κ3) is 6.46. The maximum atomic E-state index is 11.6. The van der Waals surface area contributed by atoms with Crippen molar-refractivity contribution in [3.05, 3.63) is 35.4 Å². The highest BCUT2D eigenvalue weighted by Crippen LogP contribution is 2.32. The molecular weight excluding hydrogens is 376 g/mol. The second kappa shape index (κ2) is 11.9. The van der Waals surface area contributed by atoms with Crippen molar-refractivity contribution in [3.8, 4) is 0 Å². The lowest BCUT2D eigenvalue weighted by atomic mass is 9.89. The van der Waals surface area contributed by atoms with Crippen LogP contribution in [0.5, 0.6) is 0 Å². The standard InChI is InChI=1S/C24H38N4O2/c1-3-26-24(28-15-12-19(13-16-28)18-23(29)25-2)27-14-7-17-30-22-11-6-9-20-8-4-5-10-21(20)22/h4-5,8,10,19,22H,3,6-7,9,11-18H2,1-2H3,(H,25,29)(H,26,27). The number of aryl methyl sites for hydroxylation is 1. The molecule has 30 heavy (non-hydrogen) atoms. The zero-order valence-electron chi connectivity index (χ0n) is 18.7. The summed E-state index contributed by atoms with van der Waals surface area (Å²) in [6.45, 7) is 6.42. The summed E-state index contributed by atoms with van der Waals surface area (Å²) in [5, 5.41) is 6.16. The summed E-state index contributed by atoms with van der Waals surface area (Å²) < 4.78 is 6.22. The SMILES string of the molecule is CCNC(=NCCCOC1CCCc2ccccc21)N1CCC(CC(=O)NC)CC1. The van der Waals surface area contributed by atoms with Crippen LogP contribution in [0.3, 0.4) is 0 Å². The van der Waals surface area contributed by atoms with Gasteiger partial charge in [0.1, 0.15) is 0 Å². The minimum absolute atomic E-state index is 0.148. The van der Waals surface area contributed by atoms with Gasteiger partial charge in [0.05, 0.1) is 6.10 Å². The summed E-state index contributed by atoms with van der Waals surface area (Å²) >= 11 is 0. The molecule has 6 heteroatoms. The predicted octanol–water partition coefficient (Wildman–Crippen LogP) is 3.28. The number of rotatable bonds is 8. The molecule has 1 fully saturated rings. The number of hydrogen-bond donors (Lipinski definition) is 2. The van der Waals surface area contributed by atoms with Gasteiger partial charge in [-0.2, -0.15) is 0 Å². The molecule has 1 aromatic carbocycles. The van der Waals surface area contributed by atoms with E-state index in [0.29, 0.717) is 12.3 Å². The van der Waals surface area contributed by atoms with Gasteiger partial charge in [-0.1, -0.05) is 24.3 Å². The van der Waals surface area contributed by atoms with E-state index in [1.54, 1.807) is 7.05 Å². The van der Waals surface area contributed by atoms with Crippen LogP contribution in [0.4, 0.5) is 0 Å². The number of amides is 1. The molecule has 1 aliphatic heterocycles. The van der Waals surface area contributed by atoms with Crippen LogP contribution in [-0.2, 0) is 16.0 Å². The number of benzene rings is 1. The van der Waals surface area contributed by atoms with Crippen LogP contribution in [-0.4, -0.2) is 56.6 Å². The smallest absolute Gasteiger partial charge is 0.220 e. The summed E-state index contributed by atoms with van der Waals surface area (Å²) in [5.74, 6) is 1.63. The molecule has 2 aliphatic rings. The zero-order chi connectivity index (χ0) is 21.2. The normalized spacial score (nSPS) is 20.0. The minimum atomic E-state index is 0.148. The average Bonchev–Trinajstić information content (AvgIpc) is 2.78. The van der Waals surface area contributed by atoms with E-state index in [1.165, 1.54) is 24.0 Å². The maximum Gasteiger partial charge on any atom is 0.220 e. The molecule has 0 radical (unpaired) electrons. The maximum absolute atomic E-state index is 11.6. The summed E-state index contributed by atoms with van der Waals surface area (Å²) in [6.07, 6.45) is 7.40. The Morgan fingerprint density at radius 2 is 2.03 bits per heavy atom. The summed E-state index contributed by atoms with van der Waals surface area (Å²) in [7, 11) is 1.71. The Labute approximate surface area is 181 Å². The molecule has 0 saturated carbocycles. The molecule has 1 unspecified atom stereocenters. The van der Waals surface area contributed by atoms with Gasteiger partial charge in [-0.15, -0.1) is 0 Å². The van der Waals surface area contributed by atoms with Gasteiger partial charge in [0.25, 0.3) is 0 Å². The van der Waals surface area contributed by atoms with Crippen molar-refractivity contribution >= 4 is 11.9 Å². The highest BCUT2D eigenvalue weighted by molar-refractivity contribution is 5.80. The van der Waals surface area contributed by atoms with Crippen LogP contribution < -0.4 is 10.6 Å². The highest BCUT2D eigenvalue weighted by Gasteiger charge is 2.23. The molecular formula is C24H38N4O2. The van der Waals surface area contributed by atoms with Crippen LogP contribution >= 0.6 is 0 Å². The first-order chi connectivity index (χ1) is 14.7. The second-order valence-electron chi connectivity index (χ2n) is 8.35. The summed E-state index contributed by atoms with van der Waals surface area (Å²) in [5.41, 5.74) is 2.82. The lowest BCUT2D eigenvalue weighted by molar-refractivity contribution is -0.121. The number of carbonyl (C=O) groups is 1. The third-order valence-electron chi connectivity index (χ3n) is 6.20. The predicted molar refractivity (Wildman–Crippen MR) is 122 cm³/mol. The Morgan fingerprint density at radius 3 is 2.80 bits per heavy atom. The zero-order valence-corrected chi connectivity index (χ0v) is 18.7. The van der Waals surface area contributed by atoms with E-state index in [1.807, 2.05) is 0 Å². The topological polar surface area (TPSA) is 66.0 Å². The summed E-state index contributed by atoms with van der Waals surface area (Å²) in [6, 6.07) is 8.69. The van der Waals surface area contributed by atoms with Crippen LogP contribution in [0.25, 0.3) is 0 Å². The molecule has 1 aliphatic carbocycles. The van der Waals surface area contributed by atoms with Gasteiger partial charge in [0.2, 0.25) is 5.91 Å². The van der Waals surface area contributed by atoms with E-state index in [-0.39, 0.29) is 12.0 Å². The van der Waals surface area contributed by atoms with Gasteiger partial charge in [0.15, 0.2) is 5.96 Å². The van der Waals surface area contributed by atoms with Gasteiger partial charge in [-0.3, -0.25) is 9.79 Å². The Morgan fingerprint density at radius 1 is 1.23 bits per heavy atom. The van der Waals surface area contributed by atoms with Gasteiger partial charge < -0.3 is 20.3 Å². The number of piperidine rings is 1. The fraction of sp³-hybridized carbons (Fsp3) is 0.667. The molecule has 1 aromatic rings. The molecule has 166 valence electrons. The largest absolute Gasteiger partial charge is 0.373 e. The average molecular weight is 415 g/mol. The second-order valence-corrected chi connectivity index (χ2v) is 8.35. The number of carbonyl (C=O) groups excluding carboxylic acids is 1. The van der Waals surface area contributed by atoms with Crippen molar-refractivity contribution < 1.29 is 9.53 Å². The van der Waals surface area contributed by atoms with Gasteiger partial charge >= 0.3 is 0 Å². The Balaban J connectivity index is 1.42. The molecule has 0 spiro atoms. The Kier molecular flexibility index (Phi) is 9.00. The monoisotopic (exact) mass is 414 g/mol. The van der Waals surface area contributed by atoms with Gasteiger partial charge in [-0.25, -0.2) is 0 Å². The van der Waals surface area contributed by atoms with E-state index < -0.39 is 0 Å². The van der Waals surface area contributed by atoms with Crippen LogP contribution in [0.15, 0.2) is 29.3 Å². The van der Waals surface area contributed by atoms with Gasteiger partial charge in [-0.05, 0) is 62.5 Å².